The summed E-state index contributed by atoms with van der Waals surface area (Å²) in [5.74, 6) is 0.0999. The summed E-state index contributed by atoms with van der Waals surface area (Å²) in [6.45, 7) is 2.48. The topological polar surface area (TPSA) is 79.0 Å². The largest absolute Gasteiger partial charge is 0.495 e. The molecule has 0 aromatic heterocycles. The zero-order chi connectivity index (χ0) is 21.0. The third-order valence-corrected chi connectivity index (χ3v) is 7.02. The van der Waals surface area contributed by atoms with Gasteiger partial charge in [0.05, 0.1) is 19.3 Å². The Labute approximate surface area is 176 Å². The maximum Gasteiger partial charge on any atom is 0.282 e. The Bertz CT molecular complexity index is 997. The molecule has 1 fully saturated rings. The first-order chi connectivity index (χ1) is 13.8. The Morgan fingerprint density at radius 2 is 1.90 bits per heavy atom. The number of hydrogen-bond acceptors (Lipinski definition) is 4. The summed E-state index contributed by atoms with van der Waals surface area (Å²) in [6.07, 6.45) is 0.630. The van der Waals surface area contributed by atoms with Crippen LogP contribution in [0.3, 0.4) is 0 Å². The zero-order valence-corrected chi connectivity index (χ0v) is 18.0. The molecule has 2 aromatic rings. The van der Waals surface area contributed by atoms with Crippen LogP contribution >= 0.6 is 11.6 Å². The van der Waals surface area contributed by atoms with E-state index in [1.165, 1.54) is 15.7 Å². The Morgan fingerprint density at radius 1 is 1.17 bits per heavy atom. The maximum atomic E-state index is 13.0. The Balaban J connectivity index is 1.71. The monoisotopic (exact) mass is 437 g/mol. The fourth-order valence-corrected chi connectivity index (χ4v) is 5.05. The first-order valence-electron chi connectivity index (χ1n) is 9.24. The maximum absolute atomic E-state index is 13.0. The van der Waals surface area contributed by atoms with Crippen molar-refractivity contribution in [3.8, 4) is 5.75 Å². The highest BCUT2D eigenvalue weighted by molar-refractivity contribution is 7.86. The van der Waals surface area contributed by atoms with Gasteiger partial charge in [-0.15, -0.1) is 0 Å². The van der Waals surface area contributed by atoms with Gasteiger partial charge in [0, 0.05) is 24.7 Å². The van der Waals surface area contributed by atoms with Crippen LogP contribution in [0.2, 0.25) is 5.02 Å². The van der Waals surface area contributed by atoms with Crippen LogP contribution in [0.5, 0.6) is 5.75 Å². The molecule has 1 N–H and O–H groups in total. The molecule has 156 valence electrons. The zero-order valence-electron chi connectivity index (χ0n) is 16.4. The average molecular weight is 438 g/mol. The Kier molecular flexibility index (Phi) is 6.79. The van der Waals surface area contributed by atoms with Gasteiger partial charge in [0.2, 0.25) is 5.91 Å². The van der Waals surface area contributed by atoms with E-state index in [9.17, 15) is 13.2 Å². The molecule has 1 aliphatic heterocycles. The molecular formula is C20H24ClN3O4S. The van der Waals surface area contributed by atoms with Gasteiger partial charge < -0.3 is 10.1 Å². The van der Waals surface area contributed by atoms with Crippen molar-refractivity contribution in [2.75, 3.05) is 32.1 Å². The van der Waals surface area contributed by atoms with Crippen LogP contribution in [-0.4, -0.2) is 49.7 Å². The van der Waals surface area contributed by atoms with Gasteiger partial charge in [-0.1, -0.05) is 35.9 Å². The number of nitrogens with one attached hydrogen (secondary N) is 1. The highest BCUT2D eigenvalue weighted by Crippen LogP contribution is 2.26. The van der Waals surface area contributed by atoms with Gasteiger partial charge >= 0.3 is 0 Å². The third-order valence-electron chi connectivity index (χ3n) is 4.72. The number of hydrogen-bond donors (Lipinski definition) is 1. The molecule has 1 heterocycles. The first-order valence-corrected chi connectivity index (χ1v) is 11.0. The van der Waals surface area contributed by atoms with E-state index >= 15 is 0 Å². The van der Waals surface area contributed by atoms with E-state index in [1.807, 2.05) is 19.1 Å². The minimum Gasteiger partial charge on any atom is -0.495 e. The molecule has 1 amide bonds. The average Bonchev–Trinajstić information content (AvgIpc) is 2.67. The number of anilines is 1. The summed E-state index contributed by atoms with van der Waals surface area (Å²) < 4.78 is 33.8. The molecule has 0 aliphatic carbocycles. The molecule has 29 heavy (non-hydrogen) atoms. The number of aryl methyl sites for hydroxylation is 1. The fourth-order valence-electron chi connectivity index (χ4n) is 3.22. The standard InChI is InChI=1S/C20H24ClN3O4S/c1-15-8-9-19(28-2)18(12-15)22-20(25)14-24-11-5-10-23(29(24,26)27)13-16-6-3-4-7-17(16)21/h3-4,6-9,12H,5,10-11,13-14H2,1-2H3,(H,22,25). The van der Waals surface area contributed by atoms with Gasteiger partial charge in [0.15, 0.2) is 0 Å². The van der Waals surface area contributed by atoms with Crippen molar-refractivity contribution in [3.05, 3.63) is 58.6 Å². The number of benzene rings is 2. The minimum atomic E-state index is -3.77. The van der Waals surface area contributed by atoms with Crippen molar-refractivity contribution in [3.63, 3.8) is 0 Å². The molecule has 7 nitrogen and oxygen atoms in total. The van der Waals surface area contributed by atoms with E-state index in [-0.39, 0.29) is 13.1 Å². The van der Waals surface area contributed by atoms with Crippen molar-refractivity contribution >= 4 is 33.4 Å². The molecule has 0 spiro atoms. The Hall–Kier alpha value is -2.13. The van der Waals surface area contributed by atoms with Gasteiger partial charge in [0.1, 0.15) is 5.75 Å². The smallest absolute Gasteiger partial charge is 0.282 e. The number of halogens is 1. The predicted octanol–water partition coefficient (Wildman–Crippen LogP) is 3.05. The number of carbonyl (C=O) groups excluding carboxylic acids is 1. The summed E-state index contributed by atoms with van der Waals surface area (Å²) in [4.78, 5) is 12.6. The van der Waals surface area contributed by atoms with Crippen LogP contribution in [0.1, 0.15) is 17.5 Å². The first kappa shape index (κ1) is 21.6. The molecule has 0 atom stereocenters. The third kappa shape index (κ3) is 5.08. The molecule has 3 rings (SSSR count). The van der Waals surface area contributed by atoms with E-state index < -0.39 is 16.1 Å². The normalized spacial score (nSPS) is 17.1. The number of amides is 1. The molecule has 1 aliphatic rings. The predicted molar refractivity (Wildman–Crippen MR) is 113 cm³/mol. The van der Waals surface area contributed by atoms with Crippen LogP contribution in [0.15, 0.2) is 42.5 Å². The second-order valence-electron chi connectivity index (χ2n) is 6.87. The van der Waals surface area contributed by atoms with Crippen LogP contribution in [0.4, 0.5) is 5.69 Å². The van der Waals surface area contributed by atoms with Crippen LogP contribution < -0.4 is 10.1 Å². The summed E-state index contributed by atoms with van der Waals surface area (Å²) >= 11 is 6.18. The van der Waals surface area contributed by atoms with Crippen molar-refractivity contribution in [2.24, 2.45) is 0 Å². The van der Waals surface area contributed by atoms with E-state index in [2.05, 4.69) is 5.32 Å². The number of carbonyl (C=O) groups is 1. The van der Waals surface area contributed by atoms with E-state index in [4.69, 9.17) is 16.3 Å². The lowest BCUT2D eigenvalue weighted by atomic mass is 10.2. The van der Waals surface area contributed by atoms with Crippen molar-refractivity contribution in [2.45, 2.75) is 19.9 Å². The molecule has 2 aromatic carbocycles. The van der Waals surface area contributed by atoms with Gasteiger partial charge in [0.25, 0.3) is 10.2 Å². The highest BCUT2D eigenvalue weighted by Gasteiger charge is 2.35. The number of ether oxygens (including phenoxy) is 1. The molecular weight excluding hydrogens is 414 g/mol. The molecule has 0 saturated carbocycles. The van der Waals surface area contributed by atoms with Gasteiger partial charge in [-0.25, -0.2) is 0 Å². The summed E-state index contributed by atoms with van der Waals surface area (Å²) in [5.41, 5.74) is 2.20. The van der Waals surface area contributed by atoms with E-state index in [1.54, 1.807) is 30.3 Å². The van der Waals surface area contributed by atoms with E-state index in [0.717, 1.165) is 11.1 Å². The molecule has 1 saturated heterocycles. The molecule has 9 heteroatoms. The second kappa shape index (κ2) is 9.13. The van der Waals surface area contributed by atoms with Gasteiger partial charge in [-0.2, -0.15) is 17.0 Å². The highest BCUT2D eigenvalue weighted by atomic mass is 35.5. The molecule has 0 radical (unpaired) electrons. The van der Waals surface area contributed by atoms with Gasteiger partial charge in [-0.3, -0.25) is 4.79 Å². The molecule has 0 unspecified atom stereocenters. The number of nitrogens with zero attached hydrogens (tertiary/aromatic N) is 2. The van der Waals surface area contributed by atoms with Crippen molar-refractivity contribution in [1.29, 1.82) is 0 Å². The Morgan fingerprint density at radius 3 is 2.62 bits per heavy atom. The SMILES string of the molecule is COc1ccc(C)cc1NC(=O)CN1CCCN(Cc2ccccc2Cl)S1(=O)=O. The van der Waals surface area contributed by atoms with Crippen molar-refractivity contribution in [1.82, 2.24) is 8.61 Å². The van der Waals surface area contributed by atoms with Crippen LogP contribution in [0.25, 0.3) is 0 Å². The lowest BCUT2D eigenvalue weighted by Gasteiger charge is -2.34. The summed E-state index contributed by atoms with van der Waals surface area (Å²) in [7, 11) is -2.26. The lowest BCUT2D eigenvalue weighted by molar-refractivity contribution is -0.116. The van der Waals surface area contributed by atoms with Gasteiger partial charge in [-0.05, 0) is 42.7 Å². The fraction of sp³-hybridized carbons (Fsp3) is 0.350. The lowest BCUT2D eigenvalue weighted by Crippen LogP contribution is -2.51. The van der Waals surface area contributed by atoms with Crippen LogP contribution in [-0.2, 0) is 21.5 Å². The quantitative estimate of drug-likeness (QED) is 0.753. The summed E-state index contributed by atoms with van der Waals surface area (Å²) in [6, 6.07) is 12.6. The molecule has 0 bridgehead atoms. The van der Waals surface area contributed by atoms with Crippen molar-refractivity contribution < 1.29 is 17.9 Å². The minimum absolute atomic E-state index is 0.172. The van der Waals surface area contributed by atoms with Crippen LogP contribution in [0, 0.1) is 6.92 Å². The summed E-state index contributed by atoms with van der Waals surface area (Å²) in [5, 5.41) is 3.27. The number of rotatable bonds is 6. The second-order valence-corrected chi connectivity index (χ2v) is 9.21. The van der Waals surface area contributed by atoms with E-state index in [0.29, 0.717) is 36.0 Å². The number of methoxy groups -OCH3 is 1.